The maximum absolute atomic E-state index is 3.49. The molecule has 0 aliphatic carbocycles. The number of hydrogen-bond donors (Lipinski definition) is 0. The molecule has 0 aromatic carbocycles. The van der Waals surface area contributed by atoms with Crippen LogP contribution < -0.4 is 0 Å². The van der Waals surface area contributed by atoms with Crippen molar-refractivity contribution in [2.75, 3.05) is 0 Å². The molecule has 1 heteroatoms. The van der Waals surface area contributed by atoms with Gasteiger partial charge in [0.2, 0.25) is 0 Å². The Hall–Kier alpha value is 0.623. The predicted octanol–water partition coefficient (Wildman–Crippen LogP) is 2.07. The molecule has 0 heterocycles. The van der Waals surface area contributed by atoms with Crippen LogP contribution in [-0.4, -0.2) is 0 Å². The van der Waals surface area contributed by atoms with Crippen LogP contribution in [0.4, 0.5) is 0 Å². The Balaban J connectivity index is -0.0000000275. The summed E-state index contributed by atoms with van der Waals surface area (Å²) in [5.41, 5.74) is 0. The maximum Gasteiger partial charge on any atom is 2.00 e. The molecule has 6 heavy (non-hydrogen) atoms. The van der Waals surface area contributed by atoms with E-state index in [0.717, 1.165) is 6.42 Å². The van der Waals surface area contributed by atoms with Crippen molar-refractivity contribution < 1.29 is 19.5 Å². The first kappa shape index (κ1) is 16.0. The van der Waals surface area contributed by atoms with Gasteiger partial charge in [-0.3, -0.25) is 0 Å². The van der Waals surface area contributed by atoms with Crippen molar-refractivity contribution in [1.29, 1.82) is 0 Å². The summed E-state index contributed by atoms with van der Waals surface area (Å²) in [6, 6.07) is 0. The molecule has 0 fully saturated rings. The van der Waals surface area contributed by atoms with Crippen molar-refractivity contribution in [3.63, 3.8) is 0 Å². The second-order valence-corrected chi connectivity index (χ2v) is 0.500. The summed E-state index contributed by atoms with van der Waals surface area (Å²) in [5, 5.41) is 0. The first-order valence-electron chi connectivity index (χ1n) is 1.91. The zero-order valence-corrected chi connectivity index (χ0v) is 6.21. The Bertz CT molecular complexity index is 3.90. The molecular formula is C5H12Ru. The van der Waals surface area contributed by atoms with Gasteiger partial charge in [0.25, 0.3) is 0 Å². The summed E-state index contributed by atoms with van der Waals surface area (Å²) >= 11 is 0. The van der Waals surface area contributed by atoms with Gasteiger partial charge >= 0.3 is 19.5 Å². The molecule has 0 nitrogen and oxygen atoms in total. The third kappa shape index (κ3) is 156. The minimum atomic E-state index is 0. The van der Waals surface area contributed by atoms with Crippen molar-refractivity contribution >= 4 is 0 Å². The van der Waals surface area contributed by atoms with Crippen molar-refractivity contribution in [3.05, 3.63) is 13.8 Å². The van der Waals surface area contributed by atoms with Crippen LogP contribution in [0.5, 0.6) is 0 Å². The second-order valence-electron chi connectivity index (χ2n) is 0.500. The van der Waals surface area contributed by atoms with Gasteiger partial charge < -0.3 is 13.8 Å². The van der Waals surface area contributed by atoms with Crippen LogP contribution in [0.2, 0.25) is 0 Å². The quantitative estimate of drug-likeness (QED) is 0.388. The molecule has 0 amide bonds. The van der Waals surface area contributed by atoms with Crippen molar-refractivity contribution in [1.82, 2.24) is 0 Å². The van der Waals surface area contributed by atoms with Crippen molar-refractivity contribution in [2.45, 2.75) is 20.3 Å². The van der Waals surface area contributed by atoms with E-state index in [0.29, 0.717) is 0 Å². The molecule has 0 saturated carbocycles. The number of hydrogen-bond acceptors (Lipinski definition) is 0. The maximum atomic E-state index is 3.49. The van der Waals surface area contributed by atoms with Gasteiger partial charge in [0.05, 0.1) is 0 Å². The molecule has 0 aliphatic rings. The molecule has 0 aliphatic heterocycles. The zero-order valence-electron chi connectivity index (χ0n) is 4.47. The van der Waals surface area contributed by atoms with E-state index < -0.39 is 0 Å². The topological polar surface area (TPSA) is 0 Å². The standard InChI is InChI=1S/C3H7.C2H5.Ru/c1-3-2;1-2;/h1,3H2,2H3;1H2,2H3;/q2*-1;+2. The number of rotatable bonds is 0. The Morgan fingerprint density at radius 2 is 1.33 bits per heavy atom. The van der Waals surface area contributed by atoms with Gasteiger partial charge in [0, 0.05) is 0 Å². The molecule has 0 bridgehead atoms. The fourth-order valence-electron chi connectivity index (χ4n) is 0. The van der Waals surface area contributed by atoms with Gasteiger partial charge in [-0.25, -0.2) is 0 Å². The summed E-state index contributed by atoms with van der Waals surface area (Å²) in [4.78, 5) is 0. The fourth-order valence-corrected chi connectivity index (χ4v) is 0. The van der Waals surface area contributed by atoms with E-state index in [4.69, 9.17) is 0 Å². The minimum absolute atomic E-state index is 0. The van der Waals surface area contributed by atoms with E-state index in [1.54, 1.807) is 6.92 Å². The van der Waals surface area contributed by atoms with Crippen LogP contribution in [0.3, 0.4) is 0 Å². The summed E-state index contributed by atoms with van der Waals surface area (Å²) in [5.74, 6) is 0. The van der Waals surface area contributed by atoms with E-state index in [1.807, 2.05) is 6.92 Å². The average molecular weight is 173 g/mol. The Morgan fingerprint density at radius 1 is 1.33 bits per heavy atom. The molecule has 0 spiro atoms. The molecule has 0 rings (SSSR count). The van der Waals surface area contributed by atoms with Gasteiger partial charge in [-0.15, -0.1) is 0 Å². The first-order valence-corrected chi connectivity index (χ1v) is 1.91. The monoisotopic (exact) mass is 174 g/mol. The molecule has 0 saturated heterocycles. The van der Waals surface area contributed by atoms with Gasteiger partial charge in [0.15, 0.2) is 0 Å². The van der Waals surface area contributed by atoms with Crippen molar-refractivity contribution in [2.24, 2.45) is 0 Å². The third-order valence-electron chi connectivity index (χ3n) is 0. The Labute approximate surface area is 54.1 Å². The largest absolute Gasteiger partial charge is 2.00 e. The Morgan fingerprint density at radius 3 is 1.33 bits per heavy atom. The third-order valence-corrected chi connectivity index (χ3v) is 0. The molecule has 0 N–H and O–H groups in total. The SMILES string of the molecule is [CH2-]C.[CH2-]CC.[Ru+2]. The van der Waals surface area contributed by atoms with Crippen LogP contribution >= 0.6 is 0 Å². The average Bonchev–Trinajstić information content (AvgIpc) is 1.46. The molecule has 0 radical (unpaired) electrons. The second kappa shape index (κ2) is 45.6. The molecule has 0 aromatic rings. The molecule has 0 atom stereocenters. The van der Waals surface area contributed by atoms with Gasteiger partial charge in [-0.2, -0.15) is 13.3 Å². The summed E-state index contributed by atoms with van der Waals surface area (Å²) in [7, 11) is 0. The van der Waals surface area contributed by atoms with E-state index >= 15 is 0 Å². The molecule has 0 aromatic heterocycles. The van der Waals surface area contributed by atoms with Crippen LogP contribution in [0.1, 0.15) is 20.3 Å². The van der Waals surface area contributed by atoms with E-state index in [2.05, 4.69) is 13.8 Å². The van der Waals surface area contributed by atoms with Gasteiger partial charge in [-0.05, 0) is 0 Å². The van der Waals surface area contributed by atoms with Crippen LogP contribution in [0.15, 0.2) is 0 Å². The minimum Gasteiger partial charge on any atom is -0.346 e. The first-order chi connectivity index (χ1) is 2.41. The zero-order chi connectivity index (χ0) is 4.71. The van der Waals surface area contributed by atoms with Crippen LogP contribution in [0, 0.1) is 13.8 Å². The van der Waals surface area contributed by atoms with E-state index in [9.17, 15) is 0 Å². The molecular weight excluding hydrogens is 161 g/mol. The van der Waals surface area contributed by atoms with Crippen LogP contribution in [0.25, 0.3) is 0 Å². The van der Waals surface area contributed by atoms with E-state index in [-0.39, 0.29) is 19.5 Å². The fraction of sp³-hybridized carbons (Fsp3) is 0.600. The van der Waals surface area contributed by atoms with Gasteiger partial charge in [-0.1, -0.05) is 6.92 Å². The van der Waals surface area contributed by atoms with Crippen LogP contribution in [-0.2, 0) is 19.5 Å². The summed E-state index contributed by atoms with van der Waals surface area (Å²) < 4.78 is 0. The molecule has 40 valence electrons. The molecule has 0 unspecified atom stereocenters. The van der Waals surface area contributed by atoms with Gasteiger partial charge in [0.1, 0.15) is 0 Å². The Kier molecular flexibility index (Phi) is 121. The smallest absolute Gasteiger partial charge is 0.346 e. The predicted molar refractivity (Wildman–Crippen MR) is 26.7 cm³/mol. The van der Waals surface area contributed by atoms with Crippen molar-refractivity contribution in [3.8, 4) is 0 Å². The summed E-state index contributed by atoms with van der Waals surface area (Å²) in [6.07, 6.45) is 1.00. The van der Waals surface area contributed by atoms with E-state index in [1.165, 1.54) is 0 Å². The summed E-state index contributed by atoms with van der Waals surface area (Å²) in [6.45, 7) is 10.5. The normalized spacial score (nSPS) is 4.00.